The summed E-state index contributed by atoms with van der Waals surface area (Å²) in [6.07, 6.45) is 0. The highest BCUT2D eigenvalue weighted by atomic mass is 32.2. The van der Waals surface area contributed by atoms with Crippen LogP contribution in [-0.4, -0.2) is 13.4 Å². The zero-order chi connectivity index (χ0) is 8.77. The van der Waals surface area contributed by atoms with Crippen LogP contribution < -0.4 is 5.73 Å². The fourth-order valence-corrected chi connectivity index (χ4v) is 3.01. The Labute approximate surface area is 70.7 Å². The monoisotopic (exact) mass is 186 g/mol. The minimum Gasteiger partial charge on any atom is -0.360 e. The van der Waals surface area contributed by atoms with Crippen molar-refractivity contribution in [3.05, 3.63) is 23.0 Å². The molecule has 0 saturated heterocycles. The topological polar surface area (TPSA) is 76.0 Å². The Bertz CT molecular complexity index is 376. The first-order valence-corrected chi connectivity index (χ1v) is 5.53. The van der Waals surface area contributed by atoms with Crippen molar-refractivity contribution in [1.82, 2.24) is 4.98 Å². The molecule has 3 N–H and O–H groups in total. The molecule has 1 aliphatic heterocycles. The maximum atomic E-state index is 11.1. The molecule has 2 heterocycles. The number of sulfone groups is 1. The quantitative estimate of drug-likeness (QED) is 0.643. The summed E-state index contributed by atoms with van der Waals surface area (Å²) in [7, 11) is -2.86. The van der Waals surface area contributed by atoms with Crippen molar-refractivity contribution in [1.29, 1.82) is 0 Å². The van der Waals surface area contributed by atoms with Crippen LogP contribution in [-0.2, 0) is 27.9 Å². The van der Waals surface area contributed by atoms with Crippen LogP contribution >= 0.6 is 0 Å². The van der Waals surface area contributed by atoms with Crippen LogP contribution in [0.1, 0.15) is 17.0 Å². The van der Waals surface area contributed by atoms with Gasteiger partial charge < -0.3 is 10.7 Å². The molecule has 2 rings (SSSR count). The third-order valence-corrected chi connectivity index (χ3v) is 3.49. The molecule has 5 heteroatoms. The molecule has 0 unspecified atom stereocenters. The van der Waals surface area contributed by atoms with E-state index in [0.717, 1.165) is 17.0 Å². The molecule has 66 valence electrons. The zero-order valence-electron chi connectivity index (χ0n) is 6.50. The van der Waals surface area contributed by atoms with Crippen LogP contribution in [0.25, 0.3) is 0 Å². The predicted octanol–water partition coefficient (Wildman–Crippen LogP) is -0.0982. The molecule has 0 spiro atoms. The van der Waals surface area contributed by atoms with E-state index in [4.69, 9.17) is 5.73 Å². The highest BCUT2D eigenvalue weighted by molar-refractivity contribution is 7.90. The Kier molecular flexibility index (Phi) is 1.52. The fraction of sp³-hybridized carbons (Fsp3) is 0.429. The third kappa shape index (κ3) is 1.15. The van der Waals surface area contributed by atoms with Crippen LogP contribution in [0.5, 0.6) is 0 Å². The summed E-state index contributed by atoms with van der Waals surface area (Å²) in [5, 5.41) is 0. The van der Waals surface area contributed by atoms with Crippen molar-refractivity contribution >= 4 is 9.84 Å². The van der Waals surface area contributed by atoms with Gasteiger partial charge in [0.25, 0.3) is 0 Å². The van der Waals surface area contributed by atoms with Crippen molar-refractivity contribution in [2.45, 2.75) is 18.1 Å². The van der Waals surface area contributed by atoms with Crippen LogP contribution in [0.3, 0.4) is 0 Å². The van der Waals surface area contributed by atoms with E-state index in [9.17, 15) is 8.42 Å². The number of aromatic nitrogens is 1. The number of nitrogens with one attached hydrogen (secondary N) is 1. The molecule has 0 aliphatic carbocycles. The molecule has 0 saturated carbocycles. The van der Waals surface area contributed by atoms with E-state index in [2.05, 4.69) is 4.98 Å². The fourth-order valence-electron chi connectivity index (χ4n) is 1.48. The van der Waals surface area contributed by atoms with Gasteiger partial charge in [0.05, 0.1) is 11.5 Å². The lowest BCUT2D eigenvalue weighted by Crippen LogP contribution is -2.00. The molecule has 0 radical (unpaired) electrons. The maximum absolute atomic E-state index is 11.1. The molecular formula is C7H10N2O2S. The minimum atomic E-state index is -2.86. The Morgan fingerprint density at radius 2 is 2.25 bits per heavy atom. The molecule has 1 aromatic rings. The van der Waals surface area contributed by atoms with Gasteiger partial charge in [0.1, 0.15) is 0 Å². The summed E-state index contributed by atoms with van der Waals surface area (Å²) in [6.45, 7) is 0.438. The number of nitrogens with two attached hydrogens (primary N) is 1. The molecule has 1 aromatic heterocycles. The lowest BCUT2D eigenvalue weighted by molar-refractivity contribution is 0.597. The zero-order valence-corrected chi connectivity index (χ0v) is 7.32. The van der Waals surface area contributed by atoms with Gasteiger partial charge in [-0.3, -0.25) is 0 Å². The van der Waals surface area contributed by atoms with Crippen LogP contribution in [0.2, 0.25) is 0 Å². The van der Waals surface area contributed by atoms with Gasteiger partial charge in [0.2, 0.25) is 0 Å². The van der Waals surface area contributed by atoms with E-state index >= 15 is 0 Å². The number of fused-ring (bicyclic) bond motifs is 1. The van der Waals surface area contributed by atoms with Crippen LogP contribution in [0.4, 0.5) is 0 Å². The second-order valence-corrected chi connectivity index (χ2v) is 5.10. The first-order valence-electron chi connectivity index (χ1n) is 3.71. The minimum absolute atomic E-state index is 0.141. The molecule has 4 nitrogen and oxygen atoms in total. The molecule has 0 amide bonds. The van der Waals surface area contributed by atoms with Gasteiger partial charge in [-0.15, -0.1) is 0 Å². The second kappa shape index (κ2) is 2.34. The summed E-state index contributed by atoms with van der Waals surface area (Å²) < 4.78 is 22.2. The van der Waals surface area contributed by atoms with Gasteiger partial charge in [0.15, 0.2) is 9.84 Å². The molecular weight excluding hydrogens is 176 g/mol. The molecule has 12 heavy (non-hydrogen) atoms. The number of rotatable bonds is 1. The molecule has 0 atom stereocenters. The Balaban J connectivity index is 2.42. The number of hydrogen-bond donors (Lipinski definition) is 2. The molecule has 0 fully saturated rings. The Hall–Kier alpha value is -0.810. The highest BCUT2D eigenvalue weighted by Gasteiger charge is 2.26. The first kappa shape index (κ1) is 7.82. The third-order valence-electron chi connectivity index (χ3n) is 2.01. The molecule has 0 aromatic carbocycles. The van der Waals surface area contributed by atoms with E-state index in [1.807, 2.05) is 6.07 Å². The molecule has 0 bridgehead atoms. The van der Waals surface area contributed by atoms with Crippen molar-refractivity contribution < 1.29 is 8.42 Å². The SMILES string of the molecule is NCc1cc2c([nH]1)CS(=O)(=O)C2. The van der Waals surface area contributed by atoms with Crippen molar-refractivity contribution in [2.75, 3.05) is 0 Å². The largest absolute Gasteiger partial charge is 0.360 e. The highest BCUT2D eigenvalue weighted by Crippen LogP contribution is 2.24. The van der Waals surface area contributed by atoms with Gasteiger partial charge in [-0.05, 0) is 11.6 Å². The van der Waals surface area contributed by atoms with E-state index in [1.165, 1.54) is 0 Å². The van der Waals surface area contributed by atoms with E-state index < -0.39 is 9.84 Å². The van der Waals surface area contributed by atoms with Gasteiger partial charge in [-0.2, -0.15) is 0 Å². The van der Waals surface area contributed by atoms with Gasteiger partial charge in [-0.25, -0.2) is 8.42 Å². The number of H-pyrrole nitrogens is 1. The average molecular weight is 186 g/mol. The summed E-state index contributed by atoms with van der Waals surface area (Å²) >= 11 is 0. The summed E-state index contributed by atoms with van der Waals surface area (Å²) in [5.74, 6) is 0.307. The van der Waals surface area contributed by atoms with Gasteiger partial charge in [-0.1, -0.05) is 0 Å². The Morgan fingerprint density at radius 1 is 1.50 bits per heavy atom. The molecule has 1 aliphatic rings. The van der Waals surface area contributed by atoms with Crippen LogP contribution in [0.15, 0.2) is 6.07 Å². The Morgan fingerprint density at radius 3 is 2.83 bits per heavy atom. The smallest absolute Gasteiger partial charge is 0.160 e. The number of aromatic amines is 1. The van der Waals surface area contributed by atoms with E-state index in [-0.39, 0.29) is 11.5 Å². The van der Waals surface area contributed by atoms with Crippen LogP contribution in [0, 0.1) is 0 Å². The predicted molar refractivity (Wildman–Crippen MR) is 45.0 cm³/mol. The summed E-state index contributed by atoms with van der Waals surface area (Å²) in [5.41, 5.74) is 8.01. The van der Waals surface area contributed by atoms with Crippen molar-refractivity contribution in [3.63, 3.8) is 0 Å². The average Bonchev–Trinajstić information content (AvgIpc) is 2.40. The first-order chi connectivity index (χ1) is 5.61. The lowest BCUT2D eigenvalue weighted by atomic mass is 10.3. The number of hydrogen-bond acceptors (Lipinski definition) is 3. The van der Waals surface area contributed by atoms with Gasteiger partial charge in [0, 0.05) is 17.9 Å². The summed E-state index contributed by atoms with van der Waals surface area (Å²) in [6, 6.07) is 1.83. The maximum Gasteiger partial charge on any atom is 0.160 e. The van der Waals surface area contributed by atoms with Crippen molar-refractivity contribution in [2.24, 2.45) is 5.73 Å². The van der Waals surface area contributed by atoms with E-state index in [0.29, 0.717) is 6.54 Å². The standard InChI is InChI=1S/C7H10N2O2S/c8-2-6-1-5-3-12(10,11)4-7(5)9-6/h1,9H,2-4,8H2. The van der Waals surface area contributed by atoms with Gasteiger partial charge >= 0.3 is 0 Å². The van der Waals surface area contributed by atoms with E-state index in [1.54, 1.807) is 0 Å². The normalized spacial score (nSPS) is 19.4. The lowest BCUT2D eigenvalue weighted by Gasteiger charge is -1.91. The summed E-state index contributed by atoms with van der Waals surface area (Å²) in [4.78, 5) is 2.99. The van der Waals surface area contributed by atoms with Crippen molar-refractivity contribution in [3.8, 4) is 0 Å². The second-order valence-electron chi connectivity index (χ2n) is 3.03.